The van der Waals surface area contributed by atoms with E-state index < -0.39 is 0 Å². The summed E-state index contributed by atoms with van der Waals surface area (Å²) < 4.78 is 27.0. The van der Waals surface area contributed by atoms with Crippen LogP contribution in [0.5, 0.6) is 0 Å². The molecule has 0 fully saturated rings. The predicted octanol–water partition coefficient (Wildman–Crippen LogP) is 5.32. The highest BCUT2D eigenvalue weighted by Gasteiger charge is 2.02. The Kier molecular flexibility index (Phi) is 25.7. The summed E-state index contributed by atoms with van der Waals surface area (Å²) in [5.74, 6) is -0.137. The van der Waals surface area contributed by atoms with Gasteiger partial charge >= 0.3 is 5.97 Å². The number of unbranched alkanes of at least 4 members (excludes halogenated alkanes) is 8. The normalized spacial score (nSPS) is 11.1. The molecule has 6 nitrogen and oxygen atoms in total. The summed E-state index contributed by atoms with van der Waals surface area (Å²) in [4.78, 5) is 11.4. The second-order valence-corrected chi connectivity index (χ2v) is 7.60. The molecule has 0 aromatic heterocycles. The standard InChI is InChI=1S/C24H48O6/c1-3-5-7-8-9-10-11-12-15-26-18-20-28-22-23-29-21-19-27-16-13-14-24(25)30-17-6-4-2/h3-23H2,1-2H3. The fraction of sp³-hybridized carbons (Fsp3) is 0.958. The van der Waals surface area contributed by atoms with Gasteiger partial charge in [-0.15, -0.1) is 0 Å². The van der Waals surface area contributed by atoms with Crippen LogP contribution in [0.15, 0.2) is 0 Å². The van der Waals surface area contributed by atoms with Crippen LogP contribution >= 0.6 is 0 Å². The van der Waals surface area contributed by atoms with Crippen LogP contribution in [0.25, 0.3) is 0 Å². The van der Waals surface area contributed by atoms with E-state index in [-0.39, 0.29) is 5.97 Å². The van der Waals surface area contributed by atoms with Gasteiger partial charge in [-0.2, -0.15) is 0 Å². The van der Waals surface area contributed by atoms with Gasteiger partial charge < -0.3 is 23.7 Å². The first-order valence-electron chi connectivity index (χ1n) is 12.3. The third-order valence-electron chi connectivity index (χ3n) is 4.69. The van der Waals surface area contributed by atoms with Gasteiger partial charge in [0.1, 0.15) is 0 Å². The molecule has 0 radical (unpaired) electrons. The number of hydrogen-bond donors (Lipinski definition) is 0. The number of carbonyl (C=O) groups excluding carboxylic acids is 1. The second-order valence-electron chi connectivity index (χ2n) is 7.60. The van der Waals surface area contributed by atoms with Crippen molar-refractivity contribution in [3.05, 3.63) is 0 Å². The molecule has 0 aromatic carbocycles. The summed E-state index contributed by atoms with van der Waals surface area (Å²) in [6, 6.07) is 0. The quantitative estimate of drug-likeness (QED) is 0.144. The lowest BCUT2D eigenvalue weighted by Gasteiger charge is -2.08. The molecule has 0 aliphatic carbocycles. The predicted molar refractivity (Wildman–Crippen MR) is 121 cm³/mol. The molecular weight excluding hydrogens is 384 g/mol. The van der Waals surface area contributed by atoms with Crippen molar-refractivity contribution in [2.45, 2.75) is 90.9 Å². The molecular formula is C24H48O6. The van der Waals surface area contributed by atoms with Gasteiger partial charge in [-0.25, -0.2) is 0 Å². The van der Waals surface area contributed by atoms with Crippen molar-refractivity contribution >= 4 is 5.97 Å². The maximum Gasteiger partial charge on any atom is 0.305 e. The molecule has 0 spiro atoms. The third kappa shape index (κ3) is 25.3. The Bertz CT molecular complexity index is 338. The van der Waals surface area contributed by atoms with Crippen LogP contribution in [-0.4, -0.2) is 65.4 Å². The van der Waals surface area contributed by atoms with E-state index in [1.807, 2.05) is 0 Å². The molecule has 0 bridgehead atoms. The van der Waals surface area contributed by atoms with Gasteiger partial charge in [-0.1, -0.05) is 65.2 Å². The van der Waals surface area contributed by atoms with E-state index in [9.17, 15) is 4.79 Å². The third-order valence-corrected chi connectivity index (χ3v) is 4.69. The van der Waals surface area contributed by atoms with Crippen molar-refractivity contribution in [1.82, 2.24) is 0 Å². The minimum atomic E-state index is -0.137. The summed E-state index contributed by atoms with van der Waals surface area (Å²) in [7, 11) is 0. The van der Waals surface area contributed by atoms with Crippen LogP contribution < -0.4 is 0 Å². The number of carbonyl (C=O) groups is 1. The van der Waals surface area contributed by atoms with Crippen LogP contribution in [0.1, 0.15) is 90.9 Å². The summed E-state index contributed by atoms with van der Waals surface area (Å²) in [5, 5.41) is 0. The smallest absolute Gasteiger partial charge is 0.305 e. The zero-order chi connectivity index (χ0) is 22.0. The van der Waals surface area contributed by atoms with E-state index >= 15 is 0 Å². The molecule has 0 unspecified atom stereocenters. The highest BCUT2D eigenvalue weighted by molar-refractivity contribution is 5.69. The number of hydrogen-bond acceptors (Lipinski definition) is 6. The summed E-state index contributed by atoms with van der Waals surface area (Å²) in [5.41, 5.74) is 0. The van der Waals surface area contributed by atoms with Crippen molar-refractivity contribution in [3.8, 4) is 0 Å². The molecule has 180 valence electrons. The Hall–Kier alpha value is -0.690. The summed E-state index contributed by atoms with van der Waals surface area (Å²) in [6.07, 6.45) is 13.6. The SMILES string of the molecule is CCCCCCCCCCOCCOCCOCCOCCCC(=O)OCCCC. The van der Waals surface area contributed by atoms with E-state index in [0.717, 1.165) is 25.9 Å². The Morgan fingerprint density at radius 2 is 0.900 bits per heavy atom. The fourth-order valence-electron chi connectivity index (χ4n) is 2.82. The highest BCUT2D eigenvalue weighted by Crippen LogP contribution is 2.08. The first-order chi connectivity index (χ1) is 14.8. The lowest BCUT2D eigenvalue weighted by atomic mass is 10.1. The van der Waals surface area contributed by atoms with E-state index in [0.29, 0.717) is 65.7 Å². The lowest BCUT2D eigenvalue weighted by Crippen LogP contribution is -2.12. The van der Waals surface area contributed by atoms with Gasteiger partial charge in [0.2, 0.25) is 0 Å². The highest BCUT2D eigenvalue weighted by atomic mass is 16.6. The van der Waals surface area contributed by atoms with Crippen molar-refractivity contribution in [2.75, 3.05) is 59.5 Å². The molecule has 0 aliphatic heterocycles. The van der Waals surface area contributed by atoms with E-state index in [1.54, 1.807) is 0 Å². The van der Waals surface area contributed by atoms with Gasteiger partial charge in [-0.05, 0) is 19.3 Å². The topological polar surface area (TPSA) is 63.2 Å². The van der Waals surface area contributed by atoms with Crippen LogP contribution in [0, 0.1) is 0 Å². The van der Waals surface area contributed by atoms with Gasteiger partial charge in [0, 0.05) is 19.6 Å². The zero-order valence-electron chi connectivity index (χ0n) is 19.8. The van der Waals surface area contributed by atoms with Crippen molar-refractivity contribution in [3.63, 3.8) is 0 Å². The summed E-state index contributed by atoms with van der Waals surface area (Å²) in [6.45, 7) is 9.72. The van der Waals surface area contributed by atoms with Crippen molar-refractivity contribution in [2.24, 2.45) is 0 Å². The fourth-order valence-corrected chi connectivity index (χ4v) is 2.82. The zero-order valence-corrected chi connectivity index (χ0v) is 19.8. The number of esters is 1. The van der Waals surface area contributed by atoms with Crippen LogP contribution in [0.3, 0.4) is 0 Å². The maximum atomic E-state index is 11.4. The maximum absolute atomic E-state index is 11.4. The number of ether oxygens (including phenoxy) is 5. The van der Waals surface area contributed by atoms with Crippen LogP contribution in [-0.2, 0) is 28.5 Å². The van der Waals surface area contributed by atoms with Gasteiger partial charge in [0.25, 0.3) is 0 Å². The summed E-state index contributed by atoms with van der Waals surface area (Å²) >= 11 is 0. The van der Waals surface area contributed by atoms with Crippen molar-refractivity contribution in [1.29, 1.82) is 0 Å². The molecule has 0 atom stereocenters. The second kappa shape index (κ2) is 26.3. The van der Waals surface area contributed by atoms with E-state index in [1.165, 1.54) is 44.9 Å². The minimum Gasteiger partial charge on any atom is -0.466 e. The number of rotatable bonds is 25. The Morgan fingerprint density at radius 3 is 1.43 bits per heavy atom. The molecule has 0 amide bonds. The molecule has 6 heteroatoms. The van der Waals surface area contributed by atoms with Gasteiger partial charge in [-0.3, -0.25) is 4.79 Å². The van der Waals surface area contributed by atoms with E-state index in [4.69, 9.17) is 23.7 Å². The molecule has 0 aliphatic rings. The van der Waals surface area contributed by atoms with Gasteiger partial charge in [0.05, 0.1) is 46.2 Å². The molecule has 0 saturated carbocycles. The monoisotopic (exact) mass is 432 g/mol. The molecule has 0 N–H and O–H groups in total. The molecule has 0 heterocycles. The Labute approximate surface area is 185 Å². The average molecular weight is 433 g/mol. The first kappa shape index (κ1) is 29.3. The van der Waals surface area contributed by atoms with Crippen LogP contribution in [0.4, 0.5) is 0 Å². The minimum absolute atomic E-state index is 0.137. The average Bonchev–Trinajstić information content (AvgIpc) is 2.75. The van der Waals surface area contributed by atoms with Gasteiger partial charge in [0.15, 0.2) is 0 Å². The molecule has 30 heavy (non-hydrogen) atoms. The first-order valence-corrected chi connectivity index (χ1v) is 12.3. The molecule has 0 rings (SSSR count). The lowest BCUT2D eigenvalue weighted by molar-refractivity contribution is -0.144. The van der Waals surface area contributed by atoms with Crippen LogP contribution in [0.2, 0.25) is 0 Å². The largest absolute Gasteiger partial charge is 0.466 e. The molecule has 0 saturated heterocycles. The van der Waals surface area contributed by atoms with E-state index in [2.05, 4.69) is 13.8 Å². The molecule has 0 aromatic rings. The Balaban J connectivity index is 3.06. The van der Waals surface area contributed by atoms with Crippen molar-refractivity contribution < 1.29 is 28.5 Å². The Morgan fingerprint density at radius 1 is 0.467 bits per heavy atom.